The van der Waals surface area contributed by atoms with Crippen LogP contribution in [0.3, 0.4) is 0 Å². The molecule has 0 N–H and O–H groups in total. The largest absolute Gasteiger partial charge is 0.256 e. The Morgan fingerprint density at radius 3 is 2.33 bits per heavy atom. The third-order valence-electron chi connectivity index (χ3n) is 2.46. The monoisotopic (exact) mass is 312 g/mol. The lowest BCUT2D eigenvalue weighted by Gasteiger charge is -2.05. The Morgan fingerprint density at radius 1 is 1.00 bits per heavy atom. The van der Waals surface area contributed by atoms with Crippen molar-refractivity contribution in [2.75, 3.05) is 0 Å². The summed E-state index contributed by atoms with van der Waals surface area (Å²) in [5.41, 5.74) is -0.0861. The van der Waals surface area contributed by atoms with Crippen LogP contribution in [0.15, 0.2) is 24.8 Å². The van der Waals surface area contributed by atoms with Gasteiger partial charge >= 0.3 is 0 Å². The van der Waals surface area contributed by atoms with E-state index in [2.05, 4.69) is 25.0 Å². The summed E-state index contributed by atoms with van der Waals surface area (Å²) in [6, 6.07) is 1.52. The fourth-order valence-electron chi connectivity index (χ4n) is 1.57. The average Bonchev–Trinajstić information content (AvgIpc) is 2.97. The molecule has 0 amide bonds. The van der Waals surface area contributed by atoms with Gasteiger partial charge in [-0.1, -0.05) is 0 Å². The highest BCUT2D eigenvalue weighted by Gasteiger charge is 2.15. The van der Waals surface area contributed by atoms with Crippen LogP contribution in [0.4, 0.5) is 13.2 Å². The molecule has 0 aliphatic heterocycles. The summed E-state index contributed by atoms with van der Waals surface area (Å²) < 4.78 is 40.7. The van der Waals surface area contributed by atoms with E-state index < -0.39 is 17.5 Å². The van der Waals surface area contributed by atoms with Gasteiger partial charge in [-0.3, -0.25) is 0 Å². The Hall–Kier alpha value is -2.55. The maximum absolute atomic E-state index is 13.3. The molecule has 0 aliphatic rings. The number of hydrogen-bond acceptors (Lipinski definition) is 5. The maximum Gasteiger partial charge on any atom is 0.256 e. The molecule has 21 heavy (non-hydrogen) atoms. The van der Waals surface area contributed by atoms with Crippen LogP contribution in [0.5, 0.6) is 0 Å². The topological polar surface area (TPSA) is 69.4 Å². The first-order chi connectivity index (χ1) is 10.0. The third kappa shape index (κ3) is 2.55. The van der Waals surface area contributed by atoms with Gasteiger partial charge in [-0.05, 0) is 23.7 Å². The smallest absolute Gasteiger partial charge is 0.223 e. The fraction of sp³-hybridized carbons (Fsp3) is 0. The Bertz CT molecular complexity index is 785. The maximum atomic E-state index is 13.3. The van der Waals surface area contributed by atoms with Crippen LogP contribution in [0.25, 0.3) is 17.3 Å². The Kier molecular flexibility index (Phi) is 3.26. The molecule has 0 radical (unpaired) electrons. The minimum atomic E-state index is -1.57. The zero-order valence-corrected chi connectivity index (χ0v) is 10.8. The molecule has 3 rings (SSSR count). The van der Waals surface area contributed by atoms with Crippen molar-refractivity contribution in [3.8, 4) is 17.3 Å². The molecule has 3 aromatic rings. The molecule has 0 atom stereocenters. The Morgan fingerprint density at radius 2 is 1.71 bits per heavy atom. The molecule has 0 spiro atoms. The van der Waals surface area contributed by atoms with Crippen molar-refractivity contribution < 1.29 is 13.2 Å². The average molecular weight is 313 g/mol. The molecule has 0 aliphatic carbocycles. The first-order valence-corrected chi connectivity index (χ1v) is 5.84. The minimum absolute atomic E-state index is 0.00708. The van der Waals surface area contributed by atoms with Crippen molar-refractivity contribution in [1.82, 2.24) is 29.7 Å². The van der Waals surface area contributed by atoms with Crippen molar-refractivity contribution >= 4 is 11.6 Å². The predicted molar refractivity (Wildman–Crippen MR) is 65.1 cm³/mol. The van der Waals surface area contributed by atoms with Gasteiger partial charge in [0.1, 0.15) is 12.7 Å². The van der Waals surface area contributed by atoms with E-state index >= 15 is 0 Å². The normalized spacial score (nSPS) is 10.9. The lowest BCUT2D eigenvalue weighted by molar-refractivity contribution is 0.447. The summed E-state index contributed by atoms with van der Waals surface area (Å²) in [6.45, 7) is 0. The standard InChI is InChI=1S/C11H4ClF3N6/c12-10-18-9(5-1-6(13)8(15)7(14)2-5)19-11(20-10)21-4-16-3-17-21/h1-4H. The number of nitrogens with zero attached hydrogens (tertiary/aromatic N) is 6. The summed E-state index contributed by atoms with van der Waals surface area (Å²) in [5.74, 6) is -4.41. The van der Waals surface area contributed by atoms with Crippen LogP contribution in [0.1, 0.15) is 0 Å². The molecule has 1 aromatic carbocycles. The van der Waals surface area contributed by atoms with Crippen LogP contribution < -0.4 is 0 Å². The highest BCUT2D eigenvalue weighted by Crippen LogP contribution is 2.22. The number of aromatic nitrogens is 6. The first-order valence-electron chi connectivity index (χ1n) is 5.46. The summed E-state index contributed by atoms with van der Waals surface area (Å²) in [6.07, 6.45) is 2.55. The number of halogens is 4. The summed E-state index contributed by atoms with van der Waals surface area (Å²) in [4.78, 5) is 15.2. The van der Waals surface area contributed by atoms with E-state index in [1.807, 2.05) is 0 Å². The van der Waals surface area contributed by atoms with Crippen molar-refractivity contribution in [2.24, 2.45) is 0 Å². The molecule has 0 unspecified atom stereocenters. The Labute approximate surface area is 120 Å². The van der Waals surface area contributed by atoms with Crippen LogP contribution in [-0.2, 0) is 0 Å². The van der Waals surface area contributed by atoms with Gasteiger partial charge in [0, 0.05) is 5.56 Å². The molecule has 0 fully saturated rings. The van der Waals surface area contributed by atoms with E-state index in [0.29, 0.717) is 0 Å². The van der Waals surface area contributed by atoms with E-state index in [1.54, 1.807) is 0 Å². The molecule has 0 saturated carbocycles. The van der Waals surface area contributed by atoms with Gasteiger partial charge in [-0.2, -0.15) is 24.7 Å². The van der Waals surface area contributed by atoms with Crippen molar-refractivity contribution in [3.05, 3.63) is 47.5 Å². The van der Waals surface area contributed by atoms with Crippen LogP contribution in [-0.4, -0.2) is 29.7 Å². The van der Waals surface area contributed by atoms with E-state index in [-0.39, 0.29) is 22.6 Å². The van der Waals surface area contributed by atoms with Crippen LogP contribution >= 0.6 is 11.6 Å². The van der Waals surface area contributed by atoms with Crippen molar-refractivity contribution in [1.29, 1.82) is 0 Å². The number of benzene rings is 1. The molecule has 0 bridgehead atoms. The first kappa shape index (κ1) is 13.4. The number of hydrogen-bond donors (Lipinski definition) is 0. The molecule has 2 heterocycles. The quantitative estimate of drug-likeness (QED) is 0.678. The Balaban J connectivity index is 2.15. The van der Waals surface area contributed by atoms with E-state index in [9.17, 15) is 13.2 Å². The molecule has 2 aromatic heterocycles. The van der Waals surface area contributed by atoms with E-state index in [0.717, 1.165) is 12.1 Å². The predicted octanol–water partition coefficient (Wildman–Crippen LogP) is 2.19. The third-order valence-corrected chi connectivity index (χ3v) is 2.63. The lowest BCUT2D eigenvalue weighted by Crippen LogP contribution is -2.05. The molecule has 10 heteroatoms. The second-order valence-corrected chi connectivity index (χ2v) is 4.16. The zero-order chi connectivity index (χ0) is 15.0. The van der Waals surface area contributed by atoms with Gasteiger partial charge in [0.25, 0.3) is 5.95 Å². The minimum Gasteiger partial charge on any atom is -0.223 e. The molecule has 6 nitrogen and oxygen atoms in total. The van der Waals surface area contributed by atoms with E-state index in [1.165, 1.54) is 17.3 Å². The van der Waals surface area contributed by atoms with Crippen LogP contribution in [0.2, 0.25) is 5.28 Å². The highest BCUT2D eigenvalue weighted by molar-refractivity contribution is 6.28. The van der Waals surface area contributed by atoms with Crippen molar-refractivity contribution in [3.63, 3.8) is 0 Å². The molecular formula is C11H4ClF3N6. The summed E-state index contributed by atoms with van der Waals surface area (Å²) in [7, 11) is 0. The zero-order valence-electron chi connectivity index (χ0n) is 10.0. The fourth-order valence-corrected chi connectivity index (χ4v) is 1.72. The van der Waals surface area contributed by atoms with Gasteiger partial charge in [-0.25, -0.2) is 18.2 Å². The van der Waals surface area contributed by atoms with Crippen molar-refractivity contribution in [2.45, 2.75) is 0 Å². The van der Waals surface area contributed by atoms with Gasteiger partial charge < -0.3 is 0 Å². The molecular weight excluding hydrogens is 309 g/mol. The van der Waals surface area contributed by atoms with Gasteiger partial charge in [0.15, 0.2) is 23.3 Å². The highest BCUT2D eigenvalue weighted by atomic mass is 35.5. The van der Waals surface area contributed by atoms with Gasteiger partial charge in [0.05, 0.1) is 0 Å². The number of rotatable bonds is 2. The lowest BCUT2D eigenvalue weighted by atomic mass is 10.2. The van der Waals surface area contributed by atoms with Gasteiger partial charge in [0.2, 0.25) is 5.28 Å². The summed E-state index contributed by atoms with van der Waals surface area (Å²) >= 11 is 5.74. The second-order valence-electron chi connectivity index (χ2n) is 3.82. The van der Waals surface area contributed by atoms with Crippen LogP contribution in [0, 0.1) is 17.5 Å². The van der Waals surface area contributed by atoms with Gasteiger partial charge in [-0.15, -0.1) is 0 Å². The SMILES string of the molecule is Fc1cc(-c2nc(Cl)nc(-n3cncn3)n2)cc(F)c1F. The summed E-state index contributed by atoms with van der Waals surface area (Å²) in [5, 5.41) is 3.59. The molecule has 106 valence electrons. The van der Waals surface area contributed by atoms with E-state index in [4.69, 9.17) is 11.6 Å². The molecule has 0 saturated heterocycles. The second kappa shape index (κ2) is 5.09.